The summed E-state index contributed by atoms with van der Waals surface area (Å²) in [4.78, 5) is 25.1. The lowest BCUT2D eigenvalue weighted by atomic mass is 10.2. The lowest BCUT2D eigenvalue weighted by molar-refractivity contribution is -0.131. The van der Waals surface area contributed by atoms with Crippen LogP contribution in [0.4, 0.5) is 0 Å². The van der Waals surface area contributed by atoms with Gasteiger partial charge in [-0.05, 0) is 48.0 Å². The maximum atomic E-state index is 12.6. The summed E-state index contributed by atoms with van der Waals surface area (Å²) in [5.41, 5.74) is 2.81. The van der Waals surface area contributed by atoms with E-state index >= 15 is 0 Å². The number of aliphatic carboxylic acids is 1. The monoisotopic (exact) mass is 482 g/mol. The quantitative estimate of drug-likeness (QED) is 0.218. The van der Waals surface area contributed by atoms with Crippen molar-refractivity contribution in [2.75, 3.05) is 13.2 Å². The maximum absolute atomic E-state index is 12.6. The van der Waals surface area contributed by atoms with Crippen LogP contribution in [0.5, 0.6) is 11.5 Å². The van der Waals surface area contributed by atoms with E-state index in [2.05, 4.69) is 5.43 Å². The third kappa shape index (κ3) is 7.19. The van der Waals surface area contributed by atoms with Crippen LogP contribution in [0.15, 0.2) is 89.8 Å². The Balaban J connectivity index is 1.57. The van der Waals surface area contributed by atoms with Crippen molar-refractivity contribution in [3.05, 3.63) is 96.1 Å². The van der Waals surface area contributed by atoms with Crippen molar-refractivity contribution < 1.29 is 32.6 Å². The van der Waals surface area contributed by atoms with E-state index in [1.54, 1.807) is 18.2 Å². The molecule has 0 heterocycles. The number of carboxylic acid groups (broad SMARTS) is 1. The summed E-state index contributed by atoms with van der Waals surface area (Å²) in [5.74, 6) is -0.860. The number of carboxylic acids is 1. The van der Waals surface area contributed by atoms with E-state index in [4.69, 9.17) is 14.6 Å². The van der Waals surface area contributed by atoms with Gasteiger partial charge in [0.25, 0.3) is 15.9 Å². The molecule has 0 saturated carbocycles. The average Bonchev–Trinajstić information content (AvgIpc) is 2.85. The summed E-state index contributed by atoms with van der Waals surface area (Å²) in [6.07, 6.45) is 2.27. The molecule has 3 rings (SSSR count). The zero-order chi connectivity index (χ0) is 24.4. The number of nitrogens with one attached hydrogen (secondary N) is 2. The van der Waals surface area contributed by atoms with E-state index in [9.17, 15) is 18.0 Å². The second-order valence-corrected chi connectivity index (χ2v) is 8.49. The molecular weight excluding hydrogens is 460 g/mol. The third-order valence-corrected chi connectivity index (χ3v) is 5.66. The summed E-state index contributed by atoms with van der Waals surface area (Å²) in [6.45, 7) is 0.428. The Hall–Kier alpha value is -4.15. The molecule has 0 aliphatic rings. The first kappa shape index (κ1) is 24.5. The fourth-order valence-electron chi connectivity index (χ4n) is 2.77. The molecule has 0 aromatic heterocycles. The van der Waals surface area contributed by atoms with Gasteiger partial charge in [-0.15, -0.1) is 4.83 Å². The van der Waals surface area contributed by atoms with Gasteiger partial charge in [-0.2, -0.15) is 0 Å². The van der Waals surface area contributed by atoms with Crippen LogP contribution in [0.3, 0.4) is 0 Å². The van der Waals surface area contributed by atoms with Gasteiger partial charge in [-0.3, -0.25) is 10.2 Å². The molecule has 10 heteroatoms. The van der Waals surface area contributed by atoms with E-state index < -0.39 is 21.9 Å². The van der Waals surface area contributed by atoms with Gasteiger partial charge in [0, 0.05) is 6.08 Å². The molecule has 34 heavy (non-hydrogen) atoms. The number of hydrazine groups is 1. The lowest BCUT2D eigenvalue weighted by Crippen LogP contribution is -2.41. The van der Waals surface area contributed by atoms with Gasteiger partial charge >= 0.3 is 5.97 Å². The van der Waals surface area contributed by atoms with Crippen LogP contribution in [0.2, 0.25) is 0 Å². The summed E-state index contributed by atoms with van der Waals surface area (Å²) in [6, 6.07) is 21.1. The van der Waals surface area contributed by atoms with Gasteiger partial charge in [-0.1, -0.05) is 42.5 Å². The molecule has 0 unspecified atom stereocenters. The standard InChI is InChI=1S/C24H22N2O7S/c27-23(28)15-12-18-10-13-20(14-11-18)34(30,31)26-25-24(29)21-8-4-5-9-22(21)33-17-16-32-19-6-2-1-3-7-19/h1-15,26H,16-17H2,(H,25,29)(H,27,28)/b15-12+. The van der Waals surface area contributed by atoms with Crippen molar-refractivity contribution in [2.45, 2.75) is 4.90 Å². The summed E-state index contributed by atoms with van der Waals surface area (Å²) >= 11 is 0. The fourth-order valence-corrected chi connectivity index (χ4v) is 3.61. The normalized spacial score (nSPS) is 11.2. The summed E-state index contributed by atoms with van der Waals surface area (Å²) in [7, 11) is -4.06. The van der Waals surface area contributed by atoms with Gasteiger partial charge in [-0.25, -0.2) is 13.2 Å². The number of sulfonamides is 1. The number of hydrogen-bond acceptors (Lipinski definition) is 6. The van der Waals surface area contributed by atoms with E-state index in [1.165, 1.54) is 36.4 Å². The van der Waals surface area contributed by atoms with Crippen LogP contribution in [-0.2, 0) is 14.8 Å². The molecule has 3 aromatic rings. The predicted octanol–water partition coefficient (Wildman–Crippen LogP) is 2.87. The fraction of sp³-hybridized carbons (Fsp3) is 0.0833. The topological polar surface area (TPSA) is 131 Å². The Morgan fingerprint density at radius 3 is 2.21 bits per heavy atom. The second-order valence-electron chi connectivity index (χ2n) is 6.81. The molecule has 0 bridgehead atoms. The van der Waals surface area contributed by atoms with E-state index in [0.717, 1.165) is 6.08 Å². The Labute approximate surface area is 196 Å². The largest absolute Gasteiger partial charge is 0.490 e. The van der Waals surface area contributed by atoms with Gasteiger partial charge < -0.3 is 14.6 Å². The predicted molar refractivity (Wildman–Crippen MR) is 125 cm³/mol. The highest BCUT2D eigenvalue weighted by atomic mass is 32.2. The van der Waals surface area contributed by atoms with Crippen LogP contribution < -0.4 is 19.7 Å². The first-order valence-corrected chi connectivity index (χ1v) is 11.6. The molecule has 0 fully saturated rings. The number of carbonyl (C=O) groups excluding carboxylic acids is 1. The molecule has 1 amide bonds. The third-order valence-electron chi connectivity index (χ3n) is 4.39. The molecule has 0 spiro atoms. The first-order valence-electron chi connectivity index (χ1n) is 10.1. The minimum absolute atomic E-state index is 0.108. The van der Waals surface area contributed by atoms with Crippen LogP contribution in [0, 0.1) is 0 Å². The number of ether oxygens (including phenoxy) is 2. The van der Waals surface area contributed by atoms with Gasteiger partial charge in [0.15, 0.2) is 0 Å². The van der Waals surface area contributed by atoms with E-state index in [0.29, 0.717) is 11.3 Å². The van der Waals surface area contributed by atoms with Crippen molar-refractivity contribution in [3.8, 4) is 11.5 Å². The molecule has 176 valence electrons. The van der Waals surface area contributed by atoms with Crippen molar-refractivity contribution in [1.82, 2.24) is 10.3 Å². The highest BCUT2D eigenvalue weighted by Crippen LogP contribution is 2.18. The number of hydrogen-bond donors (Lipinski definition) is 3. The Bertz CT molecular complexity index is 1260. The van der Waals surface area contributed by atoms with Crippen molar-refractivity contribution in [1.29, 1.82) is 0 Å². The number of rotatable bonds is 11. The summed E-state index contributed by atoms with van der Waals surface area (Å²) < 4.78 is 36.2. The molecule has 0 atom stereocenters. The Kier molecular flexibility index (Phi) is 8.38. The van der Waals surface area contributed by atoms with Crippen molar-refractivity contribution in [3.63, 3.8) is 0 Å². The highest BCUT2D eigenvalue weighted by Gasteiger charge is 2.17. The van der Waals surface area contributed by atoms with Gasteiger partial charge in [0.1, 0.15) is 24.7 Å². The molecule has 0 radical (unpaired) electrons. The zero-order valence-electron chi connectivity index (χ0n) is 17.9. The second kappa shape index (κ2) is 11.6. The molecule has 0 aliphatic carbocycles. The molecular formula is C24H22N2O7S. The number of benzene rings is 3. The van der Waals surface area contributed by atoms with Crippen LogP contribution >= 0.6 is 0 Å². The molecule has 0 aliphatic heterocycles. The maximum Gasteiger partial charge on any atom is 0.328 e. The molecule has 0 saturated heterocycles. The Morgan fingerprint density at radius 2 is 1.50 bits per heavy atom. The zero-order valence-corrected chi connectivity index (χ0v) is 18.7. The smallest absolute Gasteiger partial charge is 0.328 e. The van der Waals surface area contributed by atoms with E-state index in [-0.39, 0.29) is 29.4 Å². The molecule has 3 N–H and O–H groups in total. The first-order chi connectivity index (χ1) is 16.3. The number of para-hydroxylation sites is 2. The molecule has 9 nitrogen and oxygen atoms in total. The van der Waals surface area contributed by atoms with Crippen LogP contribution in [0.1, 0.15) is 15.9 Å². The minimum atomic E-state index is -4.06. The highest BCUT2D eigenvalue weighted by molar-refractivity contribution is 7.89. The summed E-state index contributed by atoms with van der Waals surface area (Å²) in [5, 5.41) is 8.65. The van der Waals surface area contributed by atoms with E-state index in [1.807, 2.05) is 35.2 Å². The van der Waals surface area contributed by atoms with Crippen molar-refractivity contribution >= 4 is 28.0 Å². The van der Waals surface area contributed by atoms with Crippen LogP contribution in [-0.4, -0.2) is 38.6 Å². The average molecular weight is 483 g/mol. The van der Waals surface area contributed by atoms with Crippen molar-refractivity contribution in [2.24, 2.45) is 0 Å². The lowest BCUT2D eigenvalue weighted by Gasteiger charge is -2.13. The van der Waals surface area contributed by atoms with Crippen LogP contribution in [0.25, 0.3) is 6.08 Å². The number of carbonyl (C=O) groups is 2. The minimum Gasteiger partial charge on any atom is -0.490 e. The van der Waals surface area contributed by atoms with Gasteiger partial charge in [0.2, 0.25) is 0 Å². The Morgan fingerprint density at radius 1 is 0.853 bits per heavy atom. The SMILES string of the molecule is O=C(O)/C=C/c1ccc(S(=O)(=O)NNC(=O)c2ccccc2OCCOc2ccccc2)cc1. The molecule has 3 aromatic carbocycles. The number of amides is 1. The van der Waals surface area contributed by atoms with Gasteiger partial charge in [0.05, 0.1) is 10.5 Å².